The quantitative estimate of drug-likeness (QED) is 0.710. The molecule has 0 spiro atoms. The van der Waals surface area contributed by atoms with Crippen molar-refractivity contribution in [3.05, 3.63) is 30.1 Å². The Morgan fingerprint density at radius 1 is 1.30 bits per heavy atom. The molecule has 6 nitrogen and oxygen atoms in total. The molecule has 4 rings (SSSR count). The molecule has 1 aliphatic heterocycles. The van der Waals surface area contributed by atoms with Crippen molar-refractivity contribution in [1.29, 1.82) is 0 Å². The predicted molar refractivity (Wildman–Crippen MR) is 88.9 cm³/mol. The van der Waals surface area contributed by atoms with Crippen LogP contribution in [0.5, 0.6) is 0 Å². The van der Waals surface area contributed by atoms with Crippen LogP contribution in [0.2, 0.25) is 0 Å². The zero-order valence-corrected chi connectivity index (χ0v) is 12.9. The first-order valence-electron chi connectivity index (χ1n) is 7.84. The van der Waals surface area contributed by atoms with Crippen molar-refractivity contribution >= 4 is 33.5 Å². The molecule has 3 heterocycles. The van der Waals surface area contributed by atoms with Crippen LogP contribution in [-0.2, 0) is 0 Å². The summed E-state index contributed by atoms with van der Waals surface area (Å²) in [6, 6.07) is 5.64. The molecule has 2 N–H and O–H groups in total. The number of aliphatic hydroxyl groups is 1. The van der Waals surface area contributed by atoms with Crippen LogP contribution in [0.3, 0.4) is 0 Å². The van der Waals surface area contributed by atoms with E-state index in [1.807, 2.05) is 18.2 Å². The van der Waals surface area contributed by atoms with Crippen molar-refractivity contribution in [2.75, 3.05) is 18.0 Å². The number of aliphatic hydroxyl groups excluding tert-OH is 1. The molecule has 0 aliphatic carbocycles. The summed E-state index contributed by atoms with van der Waals surface area (Å²) in [5.41, 5.74) is 2.41. The lowest BCUT2D eigenvalue weighted by atomic mass is 10.1. The molecule has 1 aliphatic rings. The van der Waals surface area contributed by atoms with E-state index in [0.717, 1.165) is 53.7 Å². The number of H-pyrrole nitrogens is 1. The molecule has 1 saturated heterocycles. The highest BCUT2D eigenvalue weighted by Gasteiger charge is 2.22. The number of nitrogens with zero attached hydrogens (tertiary/aromatic N) is 3. The number of anilines is 1. The van der Waals surface area contributed by atoms with Gasteiger partial charge in [0.25, 0.3) is 0 Å². The molecule has 2 aromatic heterocycles. The number of carbonyl (C=O) groups is 1. The summed E-state index contributed by atoms with van der Waals surface area (Å²) < 4.78 is 0. The predicted octanol–water partition coefficient (Wildman–Crippen LogP) is 2.27. The van der Waals surface area contributed by atoms with E-state index in [2.05, 4.69) is 19.9 Å². The molecule has 6 heteroatoms. The Hall–Kier alpha value is -2.47. The first-order valence-corrected chi connectivity index (χ1v) is 7.84. The number of benzene rings is 1. The summed E-state index contributed by atoms with van der Waals surface area (Å²) in [7, 11) is 0. The van der Waals surface area contributed by atoms with E-state index in [1.165, 1.54) is 0 Å². The van der Waals surface area contributed by atoms with Gasteiger partial charge in [-0.2, -0.15) is 0 Å². The molecule has 118 valence electrons. The van der Waals surface area contributed by atoms with E-state index in [-0.39, 0.29) is 11.9 Å². The molecule has 0 amide bonds. The van der Waals surface area contributed by atoms with Gasteiger partial charge in [0, 0.05) is 29.6 Å². The Morgan fingerprint density at radius 3 is 2.83 bits per heavy atom. The van der Waals surface area contributed by atoms with Crippen LogP contribution in [0.4, 0.5) is 5.82 Å². The Kier molecular flexibility index (Phi) is 3.27. The first kappa shape index (κ1) is 14.1. The summed E-state index contributed by atoms with van der Waals surface area (Å²) in [6.07, 6.45) is 2.82. The van der Waals surface area contributed by atoms with Crippen molar-refractivity contribution < 1.29 is 9.90 Å². The monoisotopic (exact) mass is 310 g/mol. The lowest BCUT2D eigenvalue weighted by Crippen LogP contribution is -2.36. The zero-order chi connectivity index (χ0) is 16.0. The number of piperidine rings is 1. The van der Waals surface area contributed by atoms with Crippen molar-refractivity contribution in [1.82, 2.24) is 15.0 Å². The van der Waals surface area contributed by atoms with E-state index < -0.39 is 0 Å². The second kappa shape index (κ2) is 5.31. The number of Topliss-reactive ketones (excluding diaryl/α,β-unsaturated/α-hetero) is 1. The van der Waals surface area contributed by atoms with Crippen LogP contribution in [0.25, 0.3) is 21.9 Å². The van der Waals surface area contributed by atoms with E-state index in [1.54, 1.807) is 13.3 Å². The molecule has 0 atom stereocenters. The number of hydrogen-bond acceptors (Lipinski definition) is 5. The first-order chi connectivity index (χ1) is 11.1. The Bertz CT molecular complexity index is 894. The summed E-state index contributed by atoms with van der Waals surface area (Å²) in [5.74, 6) is 0.912. The van der Waals surface area contributed by atoms with Crippen LogP contribution >= 0.6 is 0 Å². The highest BCUT2D eigenvalue weighted by atomic mass is 16.3. The third-order valence-corrected chi connectivity index (χ3v) is 4.54. The van der Waals surface area contributed by atoms with Gasteiger partial charge < -0.3 is 15.0 Å². The molecule has 3 aromatic rings. The van der Waals surface area contributed by atoms with Crippen molar-refractivity contribution in [3.8, 4) is 0 Å². The van der Waals surface area contributed by atoms with Crippen molar-refractivity contribution in [2.24, 2.45) is 0 Å². The third kappa shape index (κ3) is 2.35. The second-order valence-electron chi connectivity index (χ2n) is 6.08. The van der Waals surface area contributed by atoms with E-state index in [9.17, 15) is 9.90 Å². The number of carbonyl (C=O) groups excluding carboxylic acids is 1. The van der Waals surface area contributed by atoms with Gasteiger partial charge in [0.2, 0.25) is 0 Å². The maximum atomic E-state index is 11.7. The van der Waals surface area contributed by atoms with Gasteiger partial charge >= 0.3 is 0 Å². The third-order valence-electron chi connectivity index (χ3n) is 4.54. The lowest BCUT2D eigenvalue weighted by Gasteiger charge is -2.30. The largest absolute Gasteiger partial charge is 0.393 e. The fourth-order valence-electron chi connectivity index (χ4n) is 3.24. The Balaban J connectivity index is 1.92. The van der Waals surface area contributed by atoms with E-state index in [0.29, 0.717) is 5.56 Å². The van der Waals surface area contributed by atoms with Gasteiger partial charge in [0.15, 0.2) is 5.78 Å². The normalized spacial score (nSPS) is 16.3. The smallest absolute Gasteiger partial charge is 0.159 e. The number of rotatable bonds is 2. The Morgan fingerprint density at radius 2 is 2.09 bits per heavy atom. The standard InChI is InChI=1S/C17H18N4O2/c1-10(22)11-2-3-14-13(8-11)15-16(20-14)18-9-19-17(15)21-6-4-12(23)5-7-21/h2-3,8-9,12,23H,4-7H2,1H3,(H,18,19,20). The number of ketones is 1. The molecule has 0 unspecified atom stereocenters. The van der Waals surface area contributed by atoms with Gasteiger partial charge in [-0.15, -0.1) is 0 Å². The van der Waals surface area contributed by atoms with Crippen LogP contribution in [0.1, 0.15) is 30.1 Å². The average molecular weight is 310 g/mol. The molecule has 0 bridgehead atoms. The maximum Gasteiger partial charge on any atom is 0.159 e. The number of aromatic amines is 1. The van der Waals surface area contributed by atoms with Gasteiger partial charge in [-0.3, -0.25) is 4.79 Å². The topological polar surface area (TPSA) is 82.1 Å². The van der Waals surface area contributed by atoms with Crippen LogP contribution < -0.4 is 4.90 Å². The van der Waals surface area contributed by atoms with Gasteiger partial charge in [0.1, 0.15) is 17.8 Å². The average Bonchev–Trinajstić information content (AvgIpc) is 2.93. The number of hydrogen-bond donors (Lipinski definition) is 2. The molecule has 1 fully saturated rings. The molecule has 0 saturated carbocycles. The summed E-state index contributed by atoms with van der Waals surface area (Å²) in [5, 5.41) is 11.6. The summed E-state index contributed by atoms with van der Waals surface area (Å²) in [6.45, 7) is 3.11. The molecule has 23 heavy (non-hydrogen) atoms. The maximum absolute atomic E-state index is 11.7. The highest BCUT2D eigenvalue weighted by molar-refractivity contribution is 6.13. The van der Waals surface area contributed by atoms with Gasteiger partial charge in [-0.05, 0) is 38.0 Å². The van der Waals surface area contributed by atoms with E-state index >= 15 is 0 Å². The van der Waals surface area contributed by atoms with Crippen LogP contribution in [0.15, 0.2) is 24.5 Å². The second-order valence-corrected chi connectivity index (χ2v) is 6.08. The van der Waals surface area contributed by atoms with Crippen molar-refractivity contribution in [3.63, 3.8) is 0 Å². The Labute approximate surface area is 133 Å². The van der Waals surface area contributed by atoms with E-state index in [4.69, 9.17) is 0 Å². The number of fused-ring (bicyclic) bond motifs is 3. The fraction of sp³-hybridized carbons (Fsp3) is 0.353. The van der Waals surface area contributed by atoms with Gasteiger partial charge in [-0.1, -0.05) is 0 Å². The van der Waals surface area contributed by atoms with Gasteiger partial charge in [0.05, 0.1) is 11.5 Å². The lowest BCUT2D eigenvalue weighted by molar-refractivity contribution is 0.101. The van der Waals surface area contributed by atoms with Crippen LogP contribution in [0, 0.1) is 0 Å². The minimum atomic E-state index is -0.226. The van der Waals surface area contributed by atoms with Gasteiger partial charge in [-0.25, -0.2) is 9.97 Å². The molecular formula is C17H18N4O2. The molecular weight excluding hydrogens is 292 g/mol. The van der Waals surface area contributed by atoms with Crippen LogP contribution in [-0.4, -0.2) is 45.0 Å². The summed E-state index contributed by atoms with van der Waals surface area (Å²) in [4.78, 5) is 26.0. The molecule has 1 aromatic carbocycles. The highest BCUT2D eigenvalue weighted by Crippen LogP contribution is 2.32. The zero-order valence-electron chi connectivity index (χ0n) is 12.9. The fourth-order valence-corrected chi connectivity index (χ4v) is 3.24. The molecule has 0 radical (unpaired) electrons. The number of aromatic nitrogens is 3. The summed E-state index contributed by atoms with van der Waals surface area (Å²) >= 11 is 0. The number of nitrogens with one attached hydrogen (secondary N) is 1. The minimum absolute atomic E-state index is 0.0424. The SMILES string of the molecule is CC(=O)c1ccc2[nH]c3ncnc(N4CCC(O)CC4)c3c2c1. The minimum Gasteiger partial charge on any atom is -0.393 e. The van der Waals surface area contributed by atoms with Crippen molar-refractivity contribution in [2.45, 2.75) is 25.9 Å².